The minimum absolute atomic E-state index is 0.448. The van der Waals surface area contributed by atoms with Crippen LogP contribution < -0.4 is 5.32 Å². The van der Waals surface area contributed by atoms with E-state index in [1.165, 1.54) is 0 Å². The van der Waals surface area contributed by atoms with Gasteiger partial charge < -0.3 is 10.4 Å². The molecule has 0 spiro atoms. The Labute approximate surface area is 93.6 Å². The van der Waals surface area contributed by atoms with Gasteiger partial charge in [0.1, 0.15) is 0 Å². The minimum Gasteiger partial charge on any atom is -0.478 e. The Balaban J connectivity index is 2.78. The van der Waals surface area contributed by atoms with Crippen LogP contribution in [0.4, 0.5) is 5.69 Å². The fraction of sp³-hybridized carbons (Fsp3) is 0.167. The predicted octanol–water partition coefficient (Wildman–Crippen LogP) is 1.88. The van der Waals surface area contributed by atoms with E-state index in [0.717, 1.165) is 23.3 Å². The number of carbonyl (C=O) groups excluding carboxylic acids is 1. The highest BCUT2D eigenvalue weighted by molar-refractivity contribution is 6.02. The van der Waals surface area contributed by atoms with Crippen LogP contribution in [0.5, 0.6) is 0 Å². The van der Waals surface area contributed by atoms with Gasteiger partial charge in [-0.2, -0.15) is 0 Å². The Morgan fingerprint density at radius 1 is 1.25 bits per heavy atom. The Kier molecular flexibility index (Phi) is 3.83. The van der Waals surface area contributed by atoms with Crippen molar-refractivity contribution in [3.8, 4) is 0 Å². The highest BCUT2D eigenvalue weighted by Crippen LogP contribution is 2.17. The average molecular weight is 219 g/mol. The number of aliphatic carboxylic acids is 1. The van der Waals surface area contributed by atoms with E-state index >= 15 is 0 Å². The quantitative estimate of drug-likeness (QED) is 0.763. The molecule has 0 aliphatic heterocycles. The molecule has 2 N–H and O–H groups in total. The van der Waals surface area contributed by atoms with E-state index in [2.05, 4.69) is 5.32 Å². The van der Waals surface area contributed by atoms with Crippen LogP contribution in [0.15, 0.2) is 30.4 Å². The molecule has 4 nitrogen and oxygen atoms in total. The van der Waals surface area contributed by atoms with Gasteiger partial charge in [0.2, 0.25) is 5.91 Å². The van der Waals surface area contributed by atoms with Crippen molar-refractivity contribution in [2.24, 2.45) is 0 Å². The molecule has 0 aliphatic rings. The van der Waals surface area contributed by atoms with Gasteiger partial charge in [-0.05, 0) is 31.0 Å². The Bertz CT molecular complexity index is 450. The van der Waals surface area contributed by atoms with Crippen molar-refractivity contribution in [1.29, 1.82) is 0 Å². The normalized spacial score (nSPS) is 10.4. The summed E-state index contributed by atoms with van der Waals surface area (Å²) in [5.74, 6) is -1.59. The summed E-state index contributed by atoms with van der Waals surface area (Å²) in [7, 11) is 0. The summed E-state index contributed by atoms with van der Waals surface area (Å²) >= 11 is 0. The molecule has 0 radical (unpaired) electrons. The highest BCUT2D eigenvalue weighted by atomic mass is 16.4. The van der Waals surface area contributed by atoms with Gasteiger partial charge in [-0.3, -0.25) is 4.79 Å². The van der Waals surface area contributed by atoms with Gasteiger partial charge in [0.25, 0.3) is 0 Å². The molecule has 16 heavy (non-hydrogen) atoms. The van der Waals surface area contributed by atoms with E-state index in [-0.39, 0.29) is 0 Å². The van der Waals surface area contributed by atoms with E-state index in [0.29, 0.717) is 5.69 Å². The molecule has 0 aliphatic carbocycles. The number of carbonyl (C=O) groups is 2. The zero-order valence-corrected chi connectivity index (χ0v) is 9.15. The molecule has 4 heteroatoms. The molecule has 84 valence electrons. The summed E-state index contributed by atoms with van der Waals surface area (Å²) in [4.78, 5) is 21.5. The lowest BCUT2D eigenvalue weighted by molar-refractivity contribution is -0.131. The van der Waals surface area contributed by atoms with Gasteiger partial charge in [-0.1, -0.05) is 12.1 Å². The first-order chi connectivity index (χ1) is 7.50. The Morgan fingerprint density at radius 2 is 1.94 bits per heavy atom. The molecule has 1 rings (SSSR count). The molecule has 1 amide bonds. The summed E-state index contributed by atoms with van der Waals surface area (Å²) in [5, 5.41) is 11.0. The Morgan fingerprint density at radius 3 is 2.56 bits per heavy atom. The third-order valence-corrected chi connectivity index (χ3v) is 2.24. The maximum absolute atomic E-state index is 11.3. The van der Waals surface area contributed by atoms with Crippen LogP contribution in [-0.2, 0) is 9.59 Å². The second-order valence-electron chi connectivity index (χ2n) is 3.41. The fourth-order valence-corrected chi connectivity index (χ4v) is 1.21. The average Bonchev–Trinajstić information content (AvgIpc) is 2.22. The topological polar surface area (TPSA) is 66.4 Å². The van der Waals surface area contributed by atoms with E-state index < -0.39 is 11.9 Å². The molecular weight excluding hydrogens is 206 g/mol. The van der Waals surface area contributed by atoms with Crippen LogP contribution in [0.25, 0.3) is 0 Å². The molecule has 0 saturated carbocycles. The molecule has 0 unspecified atom stereocenters. The number of benzene rings is 1. The van der Waals surface area contributed by atoms with Crippen molar-refractivity contribution in [3.05, 3.63) is 41.5 Å². The van der Waals surface area contributed by atoms with Crippen LogP contribution in [0, 0.1) is 13.8 Å². The van der Waals surface area contributed by atoms with Gasteiger partial charge in [-0.15, -0.1) is 0 Å². The highest BCUT2D eigenvalue weighted by Gasteiger charge is 2.03. The lowest BCUT2D eigenvalue weighted by atomic mass is 10.1. The SMILES string of the molecule is Cc1cccc(NC(=O)/C=C\C(=O)O)c1C. The van der Waals surface area contributed by atoms with Gasteiger partial charge in [0.05, 0.1) is 0 Å². The zero-order chi connectivity index (χ0) is 12.1. The molecule has 0 atom stereocenters. The van der Waals surface area contributed by atoms with Crippen molar-refractivity contribution in [2.45, 2.75) is 13.8 Å². The van der Waals surface area contributed by atoms with E-state index in [9.17, 15) is 9.59 Å². The summed E-state index contributed by atoms with van der Waals surface area (Å²) < 4.78 is 0. The first-order valence-corrected chi connectivity index (χ1v) is 4.79. The molecule has 1 aromatic carbocycles. The molecule has 0 bridgehead atoms. The van der Waals surface area contributed by atoms with Gasteiger partial charge in [0, 0.05) is 17.8 Å². The van der Waals surface area contributed by atoms with Gasteiger partial charge >= 0.3 is 5.97 Å². The summed E-state index contributed by atoms with van der Waals surface area (Å²) in [5.41, 5.74) is 2.74. The van der Waals surface area contributed by atoms with Gasteiger partial charge in [-0.25, -0.2) is 4.79 Å². The zero-order valence-electron chi connectivity index (χ0n) is 9.15. The first-order valence-electron chi connectivity index (χ1n) is 4.79. The van der Waals surface area contributed by atoms with E-state index in [1.807, 2.05) is 26.0 Å². The van der Waals surface area contributed by atoms with Crippen molar-refractivity contribution in [2.75, 3.05) is 5.32 Å². The maximum Gasteiger partial charge on any atom is 0.328 e. The van der Waals surface area contributed by atoms with E-state index in [4.69, 9.17) is 5.11 Å². The van der Waals surface area contributed by atoms with Crippen molar-refractivity contribution in [1.82, 2.24) is 0 Å². The second-order valence-corrected chi connectivity index (χ2v) is 3.41. The smallest absolute Gasteiger partial charge is 0.328 e. The second kappa shape index (κ2) is 5.11. The maximum atomic E-state index is 11.3. The third-order valence-electron chi connectivity index (χ3n) is 2.24. The molecule has 0 saturated heterocycles. The molecule has 0 heterocycles. The van der Waals surface area contributed by atoms with Crippen LogP contribution in [0.1, 0.15) is 11.1 Å². The van der Waals surface area contributed by atoms with Crippen LogP contribution in [-0.4, -0.2) is 17.0 Å². The van der Waals surface area contributed by atoms with Crippen LogP contribution in [0.3, 0.4) is 0 Å². The lowest BCUT2D eigenvalue weighted by Gasteiger charge is -2.08. The number of aryl methyl sites for hydroxylation is 1. The Hall–Kier alpha value is -2.10. The fourth-order valence-electron chi connectivity index (χ4n) is 1.21. The standard InChI is InChI=1S/C12H13NO3/c1-8-4-3-5-10(9(8)2)13-11(14)6-7-12(15)16/h3-7H,1-2H3,(H,13,14)(H,15,16)/b7-6-. The number of carboxylic acids is 1. The number of nitrogens with one attached hydrogen (secondary N) is 1. The molecule has 0 aromatic heterocycles. The summed E-state index contributed by atoms with van der Waals surface area (Å²) in [6.07, 6.45) is 1.80. The molecule has 0 fully saturated rings. The van der Waals surface area contributed by atoms with Crippen molar-refractivity contribution < 1.29 is 14.7 Å². The largest absolute Gasteiger partial charge is 0.478 e. The van der Waals surface area contributed by atoms with Crippen LogP contribution in [0.2, 0.25) is 0 Å². The number of amides is 1. The number of hydrogen-bond donors (Lipinski definition) is 2. The number of rotatable bonds is 3. The van der Waals surface area contributed by atoms with E-state index in [1.54, 1.807) is 6.07 Å². The molecule has 1 aromatic rings. The van der Waals surface area contributed by atoms with Crippen molar-refractivity contribution in [3.63, 3.8) is 0 Å². The summed E-state index contributed by atoms with van der Waals surface area (Å²) in [6, 6.07) is 5.55. The van der Waals surface area contributed by atoms with Gasteiger partial charge in [0.15, 0.2) is 0 Å². The first kappa shape index (κ1) is 12.0. The lowest BCUT2D eigenvalue weighted by Crippen LogP contribution is -2.10. The van der Waals surface area contributed by atoms with Crippen molar-refractivity contribution >= 4 is 17.6 Å². The monoisotopic (exact) mass is 219 g/mol. The van der Waals surface area contributed by atoms with Crippen LogP contribution >= 0.6 is 0 Å². The predicted molar refractivity (Wildman–Crippen MR) is 61.3 cm³/mol. The number of carboxylic acid groups (broad SMARTS) is 1. The third kappa shape index (κ3) is 3.24. The molecular formula is C12H13NO3. The minimum atomic E-state index is -1.14. The number of hydrogen-bond acceptors (Lipinski definition) is 2. The number of anilines is 1. The summed E-state index contributed by atoms with van der Waals surface area (Å²) in [6.45, 7) is 3.84.